The Morgan fingerprint density at radius 3 is 2.73 bits per heavy atom. The number of hydrogen-bond acceptors (Lipinski definition) is 6. The Kier molecular flexibility index (Phi) is 6.99. The number of nitrogens with zero attached hydrogens (tertiary/aromatic N) is 3. The van der Waals surface area contributed by atoms with Crippen LogP contribution in [0.3, 0.4) is 0 Å². The molecule has 7 nitrogen and oxygen atoms in total. The second-order valence-corrected chi connectivity index (χ2v) is 8.11. The number of para-hydroxylation sites is 1. The zero-order valence-electron chi connectivity index (χ0n) is 17.7. The van der Waals surface area contributed by atoms with Gasteiger partial charge in [-0.2, -0.15) is 0 Å². The number of thioether (sulfide) groups is 1. The summed E-state index contributed by atoms with van der Waals surface area (Å²) in [5.41, 5.74) is 3.83. The number of carbonyl (C=O) groups excluding carboxylic acids is 1. The van der Waals surface area contributed by atoms with Crippen LogP contribution in [0.4, 0.5) is 5.69 Å². The molecular formula is C22H27N5O2S. The van der Waals surface area contributed by atoms with Gasteiger partial charge in [0.05, 0.1) is 11.9 Å². The Morgan fingerprint density at radius 1 is 1.23 bits per heavy atom. The van der Waals surface area contributed by atoms with Crippen molar-refractivity contribution in [2.24, 2.45) is 0 Å². The first-order valence-corrected chi connectivity index (χ1v) is 10.9. The second-order valence-electron chi connectivity index (χ2n) is 7.17. The Labute approximate surface area is 181 Å². The van der Waals surface area contributed by atoms with E-state index >= 15 is 0 Å². The number of nitrogens with two attached hydrogens (primary N) is 1. The molecule has 1 heterocycles. The molecule has 3 N–H and O–H groups in total. The summed E-state index contributed by atoms with van der Waals surface area (Å²) in [7, 11) is 0. The van der Waals surface area contributed by atoms with Crippen LogP contribution >= 0.6 is 11.8 Å². The minimum atomic E-state index is -0.110. The second kappa shape index (κ2) is 9.67. The molecular weight excluding hydrogens is 398 g/mol. The zero-order chi connectivity index (χ0) is 21.7. The highest BCUT2D eigenvalue weighted by atomic mass is 32.2. The van der Waals surface area contributed by atoms with Gasteiger partial charge in [-0.05, 0) is 50.5 Å². The summed E-state index contributed by atoms with van der Waals surface area (Å²) in [5, 5.41) is 11.8. The predicted octanol–water partition coefficient (Wildman–Crippen LogP) is 4.05. The molecule has 0 unspecified atom stereocenters. The van der Waals surface area contributed by atoms with Gasteiger partial charge in [0, 0.05) is 11.3 Å². The van der Waals surface area contributed by atoms with Crippen LogP contribution in [0.2, 0.25) is 0 Å². The molecule has 2 aromatic carbocycles. The Morgan fingerprint density at radius 2 is 2.00 bits per heavy atom. The van der Waals surface area contributed by atoms with Gasteiger partial charge < -0.3 is 15.9 Å². The highest BCUT2D eigenvalue weighted by molar-refractivity contribution is 7.99. The molecule has 0 aliphatic rings. The third-order valence-electron chi connectivity index (χ3n) is 4.47. The van der Waals surface area contributed by atoms with Crippen molar-refractivity contribution in [3.05, 3.63) is 53.6 Å². The molecule has 0 spiro atoms. The number of aryl methyl sites for hydroxylation is 2. The van der Waals surface area contributed by atoms with Crippen molar-refractivity contribution < 1.29 is 9.53 Å². The molecule has 8 heteroatoms. The molecule has 0 fully saturated rings. The van der Waals surface area contributed by atoms with Gasteiger partial charge in [0.15, 0.2) is 5.82 Å². The maximum absolute atomic E-state index is 12.5. The highest BCUT2D eigenvalue weighted by Gasteiger charge is 2.15. The molecule has 3 aromatic rings. The van der Waals surface area contributed by atoms with Gasteiger partial charge >= 0.3 is 0 Å². The van der Waals surface area contributed by atoms with E-state index in [1.165, 1.54) is 16.4 Å². The summed E-state index contributed by atoms with van der Waals surface area (Å²) in [5.74, 6) is 7.52. The van der Waals surface area contributed by atoms with Crippen LogP contribution in [0.1, 0.15) is 31.9 Å². The summed E-state index contributed by atoms with van der Waals surface area (Å²) >= 11 is 1.25. The molecule has 0 aliphatic carbocycles. The first-order valence-electron chi connectivity index (χ1n) is 9.87. The molecule has 1 aromatic heterocycles. The summed E-state index contributed by atoms with van der Waals surface area (Å²) in [6.45, 7) is 8.00. The molecule has 0 atom stereocenters. The van der Waals surface area contributed by atoms with Crippen LogP contribution in [-0.2, 0) is 11.2 Å². The molecule has 3 rings (SSSR count). The first kappa shape index (κ1) is 21.7. The molecule has 0 aliphatic heterocycles. The molecule has 158 valence electrons. The zero-order valence-corrected chi connectivity index (χ0v) is 18.5. The van der Waals surface area contributed by atoms with Gasteiger partial charge in [-0.25, -0.2) is 4.68 Å². The van der Waals surface area contributed by atoms with Gasteiger partial charge in [0.1, 0.15) is 5.75 Å². The first-order chi connectivity index (χ1) is 14.4. The molecule has 0 saturated heterocycles. The number of nitrogen functional groups attached to an aromatic ring is 1. The highest BCUT2D eigenvalue weighted by Crippen LogP contribution is 2.26. The van der Waals surface area contributed by atoms with Crippen molar-refractivity contribution in [3.63, 3.8) is 0 Å². The van der Waals surface area contributed by atoms with E-state index in [-0.39, 0.29) is 17.8 Å². The van der Waals surface area contributed by atoms with Crippen LogP contribution in [0, 0.1) is 6.92 Å². The number of benzene rings is 2. The van der Waals surface area contributed by atoms with Crippen LogP contribution in [0.5, 0.6) is 5.75 Å². The van der Waals surface area contributed by atoms with Gasteiger partial charge in [0.2, 0.25) is 11.1 Å². The summed E-state index contributed by atoms with van der Waals surface area (Å²) in [6, 6.07) is 13.5. The molecule has 0 radical (unpaired) electrons. The lowest BCUT2D eigenvalue weighted by molar-refractivity contribution is -0.113. The smallest absolute Gasteiger partial charge is 0.234 e. The van der Waals surface area contributed by atoms with Gasteiger partial charge in [-0.3, -0.25) is 4.79 Å². The molecule has 1 amide bonds. The number of rotatable bonds is 8. The van der Waals surface area contributed by atoms with E-state index in [4.69, 9.17) is 10.6 Å². The average molecular weight is 426 g/mol. The summed E-state index contributed by atoms with van der Waals surface area (Å²) in [6.07, 6.45) is 0.923. The minimum absolute atomic E-state index is 0.0714. The Hall–Kier alpha value is -3.00. The van der Waals surface area contributed by atoms with Crippen molar-refractivity contribution in [2.75, 3.05) is 16.9 Å². The quantitative estimate of drug-likeness (QED) is 0.418. The van der Waals surface area contributed by atoms with Crippen molar-refractivity contribution in [2.45, 2.75) is 45.4 Å². The largest absolute Gasteiger partial charge is 0.491 e. The average Bonchev–Trinajstić information content (AvgIpc) is 3.08. The maximum atomic E-state index is 12.5. The minimum Gasteiger partial charge on any atom is -0.491 e. The molecule has 30 heavy (non-hydrogen) atoms. The lowest BCUT2D eigenvalue weighted by Crippen LogP contribution is -2.18. The predicted molar refractivity (Wildman–Crippen MR) is 121 cm³/mol. The topological polar surface area (TPSA) is 95.1 Å². The van der Waals surface area contributed by atoms with Crippen LogP contribution in [0.25, 0.3) is 11.4 Å². The number of nitrogens with one attached hydrogen (secondary N) is 1. The fraction of sp³-hybridized carbons (Fsp3) is 0.318. The Bertz CT molecular complexity index is 1030. The third kappa shape index (κ3) is 5.13. The monoisotopic (exact) mass is 425 g/mol. The molecule has 0 bridgehead atoms. The standard InChI is InChI=1S/C22H27N5O2S/c1-5-16-9-6-8-15(4)20(16)24-19(28)13-30-22-26-25-21(27(22)23)17-10-7-11-18(12-17)29-14(2)3/h6-12,14H,5,13,23H2,1-4H3,(H,24,28). The van der Waals surface area contributed by atoms with Crippen molar-refractivity contribution in [1.82, 2.24) is 14.9 Å². The fourth-order valence-corrected chi connectivity index (χ4v) is 3.72. The van der Waals surface area contributed by atoms with Gasteiger partial charge in [-0.1, -0.05) is 49.0 Å². The number of ether oxygens (including phenoxy) is 1. The van der Waals surface area contributed by atoms with Gasteiger partial charge in [-0.15, -0.1) is 10.2 Å². The maximum Gasteiger partial charge on any atom is 0.234 e. The van der Waals surface area contributed by atoms with E-state index in [0.717, 1.165) is 34.5 Å². The van der Waals surface area contributed by atoms with Crippen LogP contribution in [-0.4, -0.2) is 32.6 Å². The van der Waals surface area contributed by atoms with Crippen molar-refractivity contribution in [1.29, 1.82) is 0 Å². The van der Waals surface area contributed by atoms with Gasteiger partial charge in [0.25, 0.3) is 0 Å². The van der Waals surface area contributed by atoms with E-state index in [1.807, 2.05) is 63.2 Å². The normalized spacial score (nSPS) is 11.0. The summed E-state index contributed by atoms with van der Waals surface area (Å²) in [4.78, 5) is 12.5. The Balaban J connectivity index is 1.68. The number of aromatic nitrogens is 3. The third-order valence-corrected chi connectivity index (χ3v) is 5.41. The number of anilines is 1. The lowest BCUT2D eigenvalue weighted by atomic mass is 10.1. The van der Waals surface area contributed by atoms with Crippen LogP contribution in [0.15, 0.2) is 47.6 Å². The van der Waals surface area contributed by atoms with Crippen LogP contribution < -0.4 is 15.9 Å². The number of carbonyl (C=O) groups is 1. The number of hydrogen-bond donors (Lipinski definition) is 2. The van der Waals surface area contributed by atoms with E-state index in [9.17, 15) is 4.79 Å². The van der Waals surface area contributed by atoms with E-state index in [1.54, 1.807) is 0 Å². The summed E-state index contributed by atoms with van der Waals surface area (Å²) < 4.78 is 7.13. The van der Waals surface area contributed by atoms with E-state index in [2.05, 4.69) is 22.4 Å². The van der Waals surface area contributed by atoms with E-state index in [0.29, 0.717) is 11.0 Å². The van der Waals surface area contributed by atoms with Crippen molar-refractivity contribution in [3.8, 4) is 17.1 Å². The molecule has 0 saturated carbocycles. The van der Waals surface area contributed by atoms with Crippen molar-refractivity contribution >= 4 is 23.4 Å². The fourth-order valence-electron chi connectivity index (χ4n) is 3.06. The SMILES string of the molecule is CCc1cccc(C)c1NC(=O)CSc1nnc(-c2cccc(OC(C)C)c2)n1N. The van der Waals surface area contributed by atoms with E-state index < -0.39 is 0 Å². The lowest BCUT2D eigenvalue weighted by Gasteiger charge is -2.12. The number of amides is 1.